The van der Waals surface area contributed by atoms with E-state index in [0.717, 1.165) is 6.07 Å². The van der Waals surface area contributed by atoms with Gasteiger partial charge in [0, 0.05) is 11.6 Å². The minimum Gasteiger partial charge on any atom is -0.492 e. The van der Waals surface area contributed by atoms with Crippen molar-refractivity contribution in [2.75, 3.05) is 6.61 Å². The Morgan fingerprint density at radius 1 is 1.31 bits per heavy atom. The molecule has 9 nitrogen and oxygen atoms in total. The van der Waals surface area contributed by atoms with Gasteiger partial charge in [-0.3, -0.25) is 14.9 Å². The molecule has 1 unspecified atom stereocenters. The molecule has 2 aromatic rings. The summed E-state index contributed by atoms with van der Waals surface area (Å²) >= 11 is 9.64. The molecule has 0 amide bonds. The number of carboxylic acid groups (broad SMARTS) is 1. The maximum Gasteiger partial charge on any atom is 0.338 e. The summed E-state index contributed by atoms with van der Waals surface area (Å²) in [4.78, 5) is 34.8. The Balaban J connectivity index is 2.01. The summed E-state index contributed by atoms with van der Waals surface area (Å²) in [7, 11) is 0. The minimum absolute atomic E-state index is 0.0118. The number of halogens is 2. The van der Waals surface area contributed by atoms with Gasteiger partial charge in [-0.15, -0.1) is 0 Å². The van der Waals surface area contributed by atoms with Crippen LogP contribution < -0.4 is 9.47 Å². The van der Waals surface area contributed by atoms with Gasteiger partial charge in [-0.25, -0.2) is 4.79 Å². The van der Waals surface area contributed by atoms with Gasteiger partial charge in [0.15, 0.2) is 5.75 Å². The number of carboxylic acids is 1. The van der Waals surface area contributed by atoms with E-state index in [-0.39, 0.29) is 45.3 Å². The Labute approximate surface area is 196 Å². The van der Waals surface area contributed by atoms with Crippen LogP contribution in [-0.2, 0) is 9.53 Å². The number of hydrogen-bond acceptors (Lipinski definition) is 7. The third-order valence-electron chi connectivity index (χ3n) is 4.49. The highest BCUT2D eigenvalue weighted by atomic mass is 79.9. The van der Waals surface area contributed by atoms with Gasteiger partial charge in [-0.1, -0.05) is 11.6 Å². The lowest BCUT2D eigenvalue weighted by Crippen LogP contribution is -2.23. The van der Waals surface area contributed by atoms with E-state index in [1.165, 1.54) is 18.2 Å². The number of rotatable bonds is 5. The first-order valence-corrected chi connectivity index (χ1v) is 10.6. The lowest BCUT2D eigenvalue weighted by molar-refractivity contribution is -0.385. The van der Waals surface area contributed by atoms with Crippen molar-refractivity contribution in [3.8, 4) is 17.2 Å². The van der Waals surface area contributed by atoms with Crippen molar-refractivity contribution in [1.29, 1.82) is 0 Å². The number of hydrogen-bond donors (Lipinski definition) is 1. The van der Waals surface area contributed by atoms with Crippen LogP contribution in [0.1, 0.15) is 49.0 Å². The third kappa shape index (κ3) is 4.97. The van der Waals surface area contributed by atoms with Crippen molar-refractivity contribution >= 4 is 45.2 Å². The van der Waals surface area contributed by atoms with Crippen LogP contribution >= 0.6 is 27.5 Å². The monoisotopic (exact) mass is 527 g/mol. The second kappa shape index (κ2) is 8.95. The fourth-order valence-corrected chi connectivity index (χ4v) is 4.12. The summed E-state index contributed by atoms with van der Waals surface area (Å²) in [5.41, 5.74) is -0.876. The van der Waals surface area contributed by atoms with E-state index >= 15 is 0 Å². The molecule has 0 aromatic heterocycles. The van der Waals surface area contributed by atoms with Crippen LogP contribution in [0.2, 0.25) is 5.02 Å². The van der Waals surface area contributed by atoms with E-state index in [2.05, 4.69) is 15.9 Å². The smallest absolute Gasteiger partial charge is 0.338 e. The van der Waals surface area contributed by atoms with Gasteiger partial charge < -0.3 is 19.3 Å². The quantitative estimate of drug-likeness (QED) is 0.297. The SMILES string of the molecule is CC(C)(C)OC(=O)c1ccc(Oc2c(Cl)cc3c(c2Br)OCCC3C(=O)O)c([N+](=O)[O-])c1. The van der Waals surface area contributed by atoms with Crippen LogP contribution in [0.3, 0.4) is 0 Å². The summed E-state index contributed by atoms with van der Waals surface area (Å²) in [5.74, 6) is -2.44. The number of nitrogens with zero attached hydrogens (tertiary/aromatic N) is 1. The van der Waals surface area contributed by atoms with Gasteiger partial charge >= 0.3 is 17.6 Å². The summed E-state index contributed by atoms with van der Waals surface area (Å²) in [6.45, 7) is 5.23. The second-order valence-electron chi connectivity index (χ2n) is 7.99. The average Bonchev–Trinajstić information content (AvgIpc) is 2.69. The molecule has 1 aliphatic rings. The van der Waals surface area contributed by atoms with Crippen molar-refractivity contribution in [2.24, 2.45) is 0 Å². The highest BCUT2D eigenvalue weighted by Gasteiger charge is 2.32. The molecule has 0 spiro atoms. The second-order valence-corrected chi connectivity index (χ2v) is 9.19. The Hall–Kier alpha value is -2.85. The molecular formula is C21H19BrClNO8. The Morgan fingerprint density at radius 2 is 2.00 bits per heavy atom. The molecule has 0 saturated carbocycles. The van der Waals surface area contributed by atoms with Crippen molar-refractivity contribution in [1.82, 2.24) is 0 Å². The molecule has 1 atom stereocenters. The molecular weight excluding hydrogens is 510 g/mol. The first-order valence-electron chi connectivity index (χ1n) is 9.46. The maximum absolute atomic E-state index is 12.3. The number of carbonyl (C=O) groups excluding carboxylic acids is 1. The van der Waals surface area contributed by atoms with E-state index in [1.807, 2.05) is 0 Å². The largest absolute Gasteiger partial charge is 0.492 e. The normalized spacial score (nSPS) is 15.3. The molecule has 1 N–H and O–H groups in total. The molecule has 0 radical (unpaired) electrons. The van der Waals surface area contributed by atoms with E-state index in [1.54, 1.807) is 20.8 Å². The van der Waals surface area contributed by atoms with Gasteiger partial charge in [0.25, 0.3) is 0 Å². The Bertz CT molecular complexity index is 1110. The Kier molecular flexibility index (Phi) is 6.66. The number of benzene rings is 2. The molecule has 0 bridgehead atoms. The number of carbonyl (C=O) groups is 2. The highest BCUT2D eigenvalue weighted by Crippen LogP contribution is 2.49. The van der Waals surface area contributed by atoms with Gasteiger partial charge in [0.1, 0.15) is 15.8 Å². The fraction of sp³-hybridized carbons (Fsp3) is 0.333. The summed E-state index contributed by atoms with van der Waals surface area (Å²) in [6, 6.07) is 5.07. The van der Waals surface area contributed by atoms with Gasteiger partial charge in [0.2, 0.25) is 5.75 Å². The first-order chi connectivity index (χ1) is 14.9. The molecule has 32 heavy (non-hydrogen) atoms. The van der Waals surface area contributed by atoms with Crippen molar-refractivity contribution in [2.45, 2.75) is 38.7 Å². The van der Waals surface area contributed by atoms with Crippen LogP contribution in [-0.4, -0.2) is 34.2 Å². The molecule has 11 heteroatoms. The number of ether oxygens (including phenoxy) is 3. The molecule has 1 heterocycles. The number of esters is 1. The van der Waals surface area contributed by atoms with Gasteiger partial charge in [-0.2, -0.15) is 0 Å². The maximum atomic E-state index is 12.3. The lowest BCUT2D eigenvalue weighted by atomic mass is 9.93. The number of fused-ring (bicyclic) bond motifs is 1. The van der Waals surface area contributed by atoms with Crippen LogP contribution in [0.25, 0.3) is 0 Å². The van der Waals surface area contributed by atoms with Crippen molar-refractivity contribution in [3.05, 3.63) is 55.0 Å². The molecule has 170 valence electrons. The zero-order valence-corrected chi connectivity index (χ0v) is 19.7. The zero-order chi connectivity index (χ0) is 23.8. The predicted octanol–water partition coefficient (Wildman–Crippen LogP) is 5.71. The summed E-state index contributed by atoms with van der Waals surface area (Å²) in [5, 5.41) is 21.1. The highest BCUT2D eigenvalue weighted by molar-refractivity contribution is 9.10. The van der Waals surface area contributed by atoms with Crippen LogP contribution in [0.15, 0.2) is 28.7 Å². The number of nitro benzene ring substituents is 1. The number of aliphatic carboxylic acids is 1. The zero-order valence-electron chi connectivity index (χ0n) is 17.3. The molecule has 0 saturated heterocycles. The average molecular weight is 529 g/mol. The van der Waals surface area contributed by atoms with Gasteiger partial charge in [-0.05, 0) is 61.3 Å². The molecule has 1 aliphatic heterocycles. The number of nitro groups is 1. The molecule has 2 aromatic carbocycles. The van der Waals surface area contributed by atoms with Crippen molar-refractivity contribution in [3.63, 3.8) is 0 Å². The Morgan fingerprint density at radius 3 is 2.59 bits per heavy atom. The first kappa shape index (κ1) is 23.8. The predicted molar refractivity (Wildman–Crippen MR) is 118 cm³/mol. The molecule has 0 aliphatic carbocycles. The van der Waals surface area contributed by atoms with Crippen molar-refractivity contribution < 1.29 is 33.8 Å². The van der Waals surface area contributed by atoms with E-state index in [9.17, 15) is 24.8 Å². The lowest BCUT2D eigenvalue weighted by Gasteiger charge is -2.25. The molecule has 3 rings (SSSR count). The molecule has 0 fully saturated rings. The third-order valence-corrected chi connectivity index (χ3v) is 5.49. The van der Waals surface area contributed by atoms with Crippen LogP contribution in [0.5, 0.6) is 17.2 Å². The minimum atomic E-state index is -1.01. The standard InChI is InChI=1S/C21H19BrClNO8/c1-21(2,3)32-20(27)10-4-5-15(14(8-10)24(28)29)31-18-13(23)9-12-11(19(25)26)6-7-30-17(12)16(18)22/h4-5,8-9,11H,6-7H2,1-3H3,(H,25,26). The van der Waals surface area contributed by atoms with E-state index in [4.69, 9.17) is 25.8 Å². The van der Waals surface area contributed by atoms with Gasteiger partial charge in [0.05, 0.1) is 28.0 Å². The fourth-order valence-electron chi connectivity index (χ4n) is 3.11. The van der Waals surface area contributed by atoms with Crippen LogP contribution in [0, 0.1) is 10.1 Å². The van der Waals surface area contributed by atoms with Crippen LogP contribution in [0.4, 0.5) is 5.69 Å². The van der Waals surface area contributed by atoms with E-state index < -0.39 is 34.1 Å². The topological polar surface area (TPSA) is 125 Å². The summed E-state index contributed by atoms with van der Waals surface area (Å²) in [6.07, 6.45) is 0.281. The van der Waals surface area contributed by atoms with E-state index in [0.29, 0.717) is 5.56 Å². The summed E-state index contributed by atoms with van der Waals surface area (Å²) < 4.78 is 16.8.